The number of benzene rings is 3. The predicted octanol–water partition coefficient (Wildman–Crippen LogP) is 5.61. The van der Waals surface area contributed by atoms with Gasteiger partial charge in [-0.1, -0.05) is 43.3 Å². The Balaban J connectivity index is 2.03. The molecule has 0 aromatic heterocycles. The summed E-state index contributed by atoms with van der Waals surface area (Å²) < 4.78 is 0. The third kappa shape index (κ3) is 3.12. The Hall–Kier alpha value is -2.79. The zero-order chi connectivity index (χ0) is 16.9. The summed E-state index contributed by atoms with van der Waals surface area (Å²) in [5.41, 5.74) is 4.08. The molecule has 24 heavy (non-hydrogen) atoms. The topological polar surface area (TPSA) is 27.0 Å². The Morgan fingerprint density at radius 1 is 0.917 bits per heavy atom. The second-order valence-corrected chi connectivity index (χ2v) is 5.98. The molecule has 0 atom stereocenters. The molecule has 0 fully saturated rings. The van der Waals surface area contributed by atoms with Crippen molar-refractivity contribution in [2.24, 2.45) is 0 Å². The maximum atomic E-state index is 9.31. The molecule has 120 valence electrons. The molecule has 0 unspecified atom stereocenters. The lowest BCUT2D eigenvalue weighted by atomic mass is 9.97. The molecule has 0 bridgehead atoms. The summed E-state index contributed by atoms with van der Waals surface area (Å²) >= 11 is 0. The highest BCUT2D eigenvalue weighted by Gasteiger charge is 2.07. The van der Waals surface area contributed by atoms with Crippen LogP contribution < -0.4 is 4.90 Å². The fourth-order valence-corrected chi connectivity index (χ4v) is 3.17. The van der Waals surface area contributed by atoms with Crippen molar-refractivity contribution < 1.29 is 0 Å². The van der Waals surface area contributed by atoms with E-state index in [4.69, 9.17) is 0 Å². The highest BCUT2D eigenvalue weighted by Crippen LogP contribution is 2.29. The Morgan fingerprint density at radius 3 is 2.42 bits per heavy atom. The van der Waals surface area contributed by atoms with Gasteiger partial charge in [-0.2, -0.15) is 5.26 Å². The predicted molar refractivity (Wildman–Crippen MR) is 102 cm³/mol. The second-order valence-electron chi connectivity index (χ2n) is 5.98. The molecule has 0 aliphatic carbocycles. The molecule has 0 heterocycles. The van der Waals surface area contributed by atoms with Crippen LogP contribution in [0.2, 0.25) is 0 Å². The quantitative estimate of drug-likeness (QED) is 0.611. The maximum absolute atomic E-state index is 9.31. The number of hydrogen-bond donors (Lipinski definition) is 0. The molecule has 2 nitrogen and oxygen atoms in total. The van der Waals surface area contributed by atoms with Crippen LogP contribution in [0.5, 0.6) is 0 Å². The van der Waals surface area contributed by atoms with Gasteiger partial charge in [0.1, 0.15) is 0 Å². The molecule has 0 N–H and O–H groups in total. The third-order valence-corrected chi connectivity index (χ3v) is 4.42. The van der Waals surface area contributed by atoms with E-state index in [1.54, 1.807) is 0 Å². The number of hydrogen-bond acceptors (Lipinski definition) is 2. The van der Waals surface area contributed by atoms with Gasteiger partial charge < -0.3 is 4.90 Å². The fraction of sp³-hybridized carbons (Fsp3) is 0.227. The van der Waals surface area contributed by atoms with Gasteiger partial charge in [0.05, 0.1) is 11.6 Å². The molecule has 3 aromatic carbocycles. The van der Waals surface area contributed by atoms with Crippen LogP contribution in [0.15, 0.2) is 60.7 Å². The summed E-state index contributed by atoms with van der Waals surface area (Å²) in [5, 5.41) is 11.8. The van der Waals surface area contributed by atoms with Gasteiger partial charge in [0.2, 0.25) is 0 Å². The van der Waals surface area contributed by atoms with Crippen LogP contribution >= 0.6 is 0 Å². The van der Waals surface area contributed by atoms with Crippen LogP contribution in [0.1, 0.15) is 25.8 Å². The van der Waals surface area contributed by atoms with E-state index in [-0.39, 0.29) is 0 Å². The molecule has 0 amide bonds. The first-order valence-electron chi connectivity index (χ1n) is 8.55. The minimum Gasteiger partial charge on any atom is -0.372 e. The van der Waals surface area contributed by atoms with Gasteiger partial charge in [-0.3, -0.25) is 0 Å². The minimum absolute atomic E-state index is 0.716. The molecule has 3 aromatic rings. The molecule has 2 heteroatoms. The fourth-order valence-electron chi connectivity index (χ4n) is 3.17. The average Bonchev–Trinajstić information content (AvgIpc) is 2.65. The average molecular weight is 314 g/mol. The summed E-state index contributed by atoms with van der Waals surface area (Å²) in [7, 11) is 0. The van der Waals surface area contributed by atoms with Crippen LogP contribution in [0.3, 0.4) is 0 Å². The Morgan fingerprint density at radius 2 is 1.67 bits per heavy atom. The highest BCUT2D eigenvalue weighted by atomic mass is 15.1. The molecule has 0 aliphatic heterocycles. The number of fused-ring (bicyclic) bond motifs is 1. The van der Waals surface area contributed by atoms with E-state index in [0.717, 1.165) is 30.6 Å². The zero-order valence-corrected chi connectivity index (χ0v) is 14.3. The standard InChI is InChI=1S/C22H22N2/c1-3-13-24(4-2)21-12-11-17-14-19(10-9-18(17)15-21)22-8-6-5-7-20(22)16-23/h5-12,14-15H,3-4,13H2,1-2H3. The number of anilines is 1. The molecule has 0 radical (unpaired) electrons. The smallest absolute Gasteiger partial charge is 0.0998 e. The van der Waals surface area contributed by atoms with Crippen LogP contribution in [0.25, 0.3) is 21.9 Å². The normalized spacial score (nSPS) is 10.5. The van der Waals surface area contributed by atoms with E-state index in [9.17, 15) is 5.26 Å². The molecular formula is C22H22N2. The third-order valence-electron chi connectivity index (χ3n) is 4.42. The molecule has 0 saturated heterocycles. The Labute approximate surface area is 144 Å². The first kappa shape index (κ1) is 16.1. The van der Waals surface area contributed by atoms with Crippen molar-refractivity contribution in [2.75, 3.05) is 18.0 Å². The van der Waals surface area contributed by atoms with Crippen molar-refractivity contribution in [1.82, 2.24) is 0 Å². The van der Waals surface area contributed by atoms with E-state index < -0.39 is 0 Å². The second kappa shape index (κ2) is 7.19. The number of rotatable bonds is 5. The zero-order valence-electron chi connectivity index (χ0n) is 14.3. The molecule has 3 rings (SSSR count). The molecule has 0 aliphatic rings. The molecule has 0 saturated carbocycles. The van der Waals surface area contributed by atoms with Gasteiger partial charge in [0.25, 0.3) is 0 Å². The lowest BCUT2D eigenvalue weighted by molar-refractivity contribution is 0.792. The van der Waals surface area contributed by atoms with Gasteiger partial charge in [0, 0.05) is 18.8 Å². The van der Waals surface area contributed by atoms with Gasteiger partial charge in [0.15, 0.2) is 0 Å². The van der Waals surface area contributed by atoms with Gasteiger partial charge in [-0.15, -0.1) is 0 Å². The van der Waals surface area contributed by atoms with E-state index in [1.807, 2.05) is 24.3 Å². The number of nitriles is 1. The van der Waals surface area contributed by atoms with Crippen molar-refractivity contribution in [3.63, 3.8) is 0 Å². The van der Waals surface area contributed by atoms with Gasteiger partial charge in [-0.05, 0) is 59.5 Å². The van der Waals surface area contributed by atoms with E-state index in [0.29, 0.717) is 5.56 Å². The minimum atomic E-state index is 0.716. The van der Waals surface area contributed by atoms with Crippen LogP contribution in [0, 0.1) is 11.3 Å². The van der Waals surface area contributed by atoms with Gasteiger partial charge >= 0.3 is 0 Å². The van der Waals surface area contributed by atoms with Crippen LogP contribution in [-0.4, -0.2) is 13.1 Å². The van der Waals surface area contributed by atoms with E-state index in [1.165, 1.54) is 16.5 Å². The molecule has 0 spiro atoms. The number of nitrogens with zero attached hydrogens (tertiary/aromatic N) is 2. The summed E-state index contributed by atoms with van der Waals surface area (Å²) in [5.74, 6) is 0. The van der Waals surface area contributed by atoms with Crippen LogP contribution in [0.4, 0.5) is 5.69 Å². The van der Waals surface area contributed by atoms with E-state index >= 15 is 0 Å². The largest absolute Gasteiger partial charge is 0.372 e. The van der Waals surface area contributed by atoms with Crippen LogP contribution in [-0.2, 0) is 0 Å². The first-order valence-corrected chi connectivity index (χ1v) is 8.55. The van der Waals surface area contributed by atoms with Crippen molar-refractivity contribution >= 4 is 16.5 Å². The lowest BCUT2D eigenvalue weighted by Gasteiger charge is -2.22. The summed E-state index contributed by atoms with van der Waals surface area (Å²) in [4.78, 5) is 2.40. The van der Waals surface area contributed by atoms with Crippen molar-refractivity contribution in [1.29, 1.82) is 5.26 Å². The monoisotopic (exact) mass is 314 g/mol. The Kier molecular flexibility index (Phi) is 4.82. The maximum Gasteiger partial charge on any atom is 0.0998 e. The summed E-state index contributed by atoms with van der Waals surface area (Å²) in [6.45, 7) is 6.51. The van der Waals surface area contributed by atoms with Crippen molar-refractivity contribution in [2.45, 2.75) is 20.3 Å². The van der Waals surface area contributed by atoms with E-state index in [2.05, 4.69) is 61.2 Å². The Bertz CT molecular complexity index is 890. The molecular weight excluding hydrogens is 292 g/mol. The van der Waals surface area contributed by atoms with Crippen molar-refractivity contribution in [3.8, 4) is 17.2 Å². The summed E-state index contributed by atoms with van der Waals surface area (Å²) in [6, 6.07) is 23.1. The first-order chi connectivity index (χ1) is 11.8. The SMILES string of the molecule is CCCN(CC)c1ccc2cc(-c3ccccc3C#N)ccc2c1. The lowest BCUT2D eigenvalue weighted by Crippen LogP contribution is -2.23. The van der Waals surface area contributed by atoms with Crippen molar-refractivity contribution in [3.05, 3.63) is 66.2 Å². The van der Waals surface area contributed by atoms with Gasteiger partial charge in [-0.25, -0.2) is 0 Å². The highest BCUT2D eigenvalue weighted by molar-refractivity contribution is 5.90. The summed E-state index contributed by atoms with van der Waals surface area (Å²) in [6.07, 6.45) is 1.15.